The SMILES string of the molecule is CC1CCCN(CC(C)NC(=O)CC(c2ccccc2)c2ccccc2)C1. The zero-order chi connectivity index (χ0) is 19.1. The van der Waals surface area contributed by atoms with E-state index >= 15 is 0 Å². The molecule has 1 fully saturated rings. The minimum atomic E-state index is 0.0922. The third-order valence-corrected chi connectivity index (χ3v) is 5.47. The lowest BCUT2D eigenvalue weighted by atomic mass is 9.88. The van der Waals surface area contributed by atoms with Crippen LogP contribution in [0.1, 0.15) is 50.2 Å². The number of likely N-dealkylation sites (tertiary alicyclic amines) is 1. The number of nitrogens with zero attached hydrogens (tertiary/aromatic N) is 1. The number of hydrogen-bond acceptors (Lipinski definition) is 2. The van der Waals surface area contributed by atoms with Gasteiger partial charge in [0.1, 0.15) is 0 Å². The molecular formula is C24H32N2O. The Bertz CT molecular complexity index is 661. The van der Waals surface area contributed by atoms with E-state index in [1.807, 2.05) is 36.4 Å². The van der Waals surface area contributed by atoms with Crippen LogP contribution in [0.3, 0.4) is 0 Å². The van der Waals surface area contributed by atoms with Crippen LogP contribution in [-0.4, -0.2) is 36.5 Å². The van der Waals surface area contributed by atoms with Gasteiger partial charge in [-0.05, 0) is 43.4 Å². The van der Waals surface area contributed by atoms with Gasteiger partial charge in [-0.25, -0.2) is 0 Å². The van der Waals surface area contributed by atoms with Crippen molar-refractivity contribution in [2.45, 2.75) is 45.1 Å². The molecule has 3 heteroatoms. The predicted octanol–water partition coefficient (Wildman–Crippen LogP) is 4.45. The molecule has 1 aliphatic heterocycles. The summed E-state index contributed by atoms with van der Waals surface area (Å²) in [4.78, 5) is 15.3. The Balaban J connectivity index is 1.61. The van der Waals surface area contributed by atoms with Gasteiger partial charge in [0.2, 0.25) is 5.91 Å². The monoisotopic (exact) mass is 364 g/mol. The van der Waals surface area contributed by atoms with Crippen molar-refractivity contribution in [3.05, 3.63) is 71.8 Å². The van der Waals surface area contributed by atoms with E-state index in [0.717, 1.165) is 25.6 Å². The summed E-state index contributed by atoms with van der Waals surface area (Å²) in [5.74, 6) is 0.988. The molecule has 2 aromatic carbocycles. The van der Waals surface area contributed by atoms with Crippen LogP contribution in [-0.2, 0) is 4.79 Å². The Kier molecular flexibility index (Phi) is 7.05. The molecule has 0 saturated carbocycles. The van der Waals surface area contributed by atoms with Gasteiger partial charge < -0.3 is 10.2 Å². The van der Waals surface area contributed by atoms with Gasteiger partial charge in [-0.15, -0.1) is 0 Å². The lowest BCUT2D eigenvalue weighted by molar-refractivity contribution is -0.122. The average molecular weight is 365 g/mol. The summed E-state index contributed by atoms with van der Waals surface area (Å²) in [6, 6.07) is 20.9. The molecule has 2 unspecified atom stereocenters. The van der Waals surface area contributed by atoms with Crippen LogP contribution < -0.4 is 5.32 Å². The zero-order valence-corrected chi connectivity index (χ0v) is 16.6. The maximum atomic E-state index is 12.8. The van der Waals surface area contributed by atoms with Crippen molar-refractivity contribution >= 4 is 5.91 Å². The first-order chi connectivity index (χ1) is 13.1. The third-order valence-electron chi connectivity index (χ3n) is 5.47. The smallest absolute Gasteiger partial charge is 0.221 e. The van der Waals surface area contributed by atoms with Gasteiger partial charge in [0.15, 0.2) is 0 Å². The van der Waals surface area contributed by atoms with Crippen molar-refractivity contribution in [3.8, 4) is 0 Å². The molecular weight excluding hydrogens is 332 g/mol. The van der Waals surface area contributed by atoms with Crippen LogP contribution in [0, 0.1) is 5.92 Å². The zero-order valence-electron chi connectivity index (χ0n) is 16.6. The van der Waals surface area contributed by atoms with Crippen LogP contribution in [0.25, 0.3) is 0 Å². The standard InChI is InChI=1S/C24H32N2O/c1-19-10-9-15-26(17-19)18-20(2)25-24(27)16-23(21-11-5-3-6-12-21)22-13-7-4-8-14-22/h3-8,11-14,19-20,23H,9-10,15-18H2,1-2H3,(H,25,27). The Labute approximate surface area is 163 Å². The van der Waals surface area contributed by atoms with E-state index in [0.29, 0.717) is 6.42 Å². The average Bonchev–Trinajstić information content (AvgIpc) is 2.67. The lowest BCUT2D eigenvalue weighted by Gasteiger charge is -2.33. The summed E-state index contributed by atoms with van der Waals surface area (Å²) in [6.07, 6.45) is 3.08. The number of carbonyl (C=O) groups is 1. The van der Waals surface area contributed by atoms with Crippen LogP contribution in [0.2, 0.25) is 0 Å². The molecule has 1 heterocycles. The van der Waals surface area contributed by atoms with Gasteiger partial charge in [-0.3, -0.25) is 4.79 Å². The number of rotatable bonds is 7. The van der Waals surface area contributed by atoms with Crippen LogP contribution in [0.4, 0.5) is 0 Å². The molecule has 1 saturated heterocycles. The summed E-state index contributed by atoms with van der Waals surface area (Å²) < 4.78 is 0. The van der Waals surface area contributed by atoms with Gasteiger partial charge >= 0.3 is 0 Å². The second kappa shape index (κ2) is 9.70. The quantitative estimate of drug-likeness (QED) is 0.787. The fourth-order valence-corrected chi connectivity index (χ4v) is 4.20. The van der Waals surface area contributed by atoms with Crippen LogP contribution in [0.5, 0.6) is 0 Å². The topological polar surface area (TPSA) is 32.3 Å². The summed E-state index contributed by atoms with van der Waals surface area (Å²) in [5.41, 5.74) is 2.38. The molecule has 3 rings (SSSR count). The molecule has 2 atom stereocenters. The van der Waals surface area contributed by atoms with Crippen LogP contribution in [0.15, 0.2) is 60.7 Å². The maximum absolute atomic E-state index is 12.8. The molecule has 0 radical (unpaired) electrons. The highest BCUT2D eigenvalue weighted by atomic mass is 16.1. The highest BCUT2D eigenvalue weighted by Crippen LogP contribution is 2.27. The summed E-state index contributed by atoms with van der Waals surface area (Å²) >= 11 is 0. The third kappa shape index (κ3) is 5.93. The van der Waals surface area contributed by atoms with Crippen molar-refractivity contribution in [2.24, 2.45) is 5.92 Å². The largest absolute Gasteiger partial charge is 0.352 e. The highest BCUT2D eigenvalue weighted by Gasteiger charge is 2.21. The summed E-state index contributed by atoms with van der Waals surface area (Å²) in [6.45, 7) is 7.69. The van der Waals surface area contributed by atoms with E-state index in [1.54, 1.807) is 0 Å². The Morgan fingerprint density at radius 2 is 1.67 bits per heavy atom. The second-order valence-corrected chi connectivity index (χ2v) is 8.05. The first kappa shape index (κ1) is 19.6. The molecule has 0 aromatic heterocycles. The number of hydrogen-bond donors (Lipinski definition) is 1. The first-order valence-electron chi connectivity index (χ1n) is 10.2. The van der Waals surface area contributed by atoms with Gasteiger partial charge in [0, 0.05) is 31.5 Å². The highest BCUT2D eigenvalue weighted by molar-refractivity contribution is 5.77. The number of carbonyl (C=O) groups excluding carboxylic acids is 1. The first-order valence-corrected chi connectivity index (χ1v) is 10.2. The number of benzene rings is 2. The molecule has 3 nitrogen and oxygen atoms in total. The lowest BCUT2D eigenvalue weighted by Crippen LogP contribution is -2.45. The van der Waals surface area contributed by atoms with Crippen molar-refractivity contribution in [1.82, 2.24) is 10.2 Å². The molecule has 1 N–H and O–H groups in total. The Hall–Kier alpha value is -2.13. The van der Waals surface area contributed by atoms with Crippen molar-refractivity contribution in [2.75, 3.05) is 19.6 Å². The van der Waals surface area contributed by atoms with Gasteiger partial charge in [-0.2, -0.15) is 0 Å². The molecule has 0 aliphatic carbocycles. The number of piperidine rings is 1. The normalized spacial score (nSPS) is 19.0. The predicted molar refractivity (Wildman–Crippen MR) is 112 cm³/mol. The van der Waals surface area contributed by atoms with Crippen molar-refractivity contribution in [3.63, 3.8) is 0 Å². The van der Waals surface area contributed by atoms with E-state index in [4.69, 9.17) is 0 Å². The van der Waals surface area contributed by atoms with Gasteiger partial charge in [-0.1, -0.05) is 67.6 Å². The fraction of sp³-hybridized carbons (Fsp3) is 0.458. The molecule has 144 valence electrons. The number of nitrogens with one attached hydrogen (secondary N) is 1. The van der Waals surface area contributed by atoms with E-state index in [9.17, 15) is 4.79 Å². The van der Waals surface area contributed by atoms with Crippen LogP contribution >= 0.6 is 0 Å². The molecule has 1 aliphatic rings. The number of amides is 1. The molecule has 2 aromatic rings. The minimum Gasteiger partial charge on any atom is -0.352 e. The summed E-state index contributed by atoms with van der Waals surface area (Å²) in [5, 5.41) is 3.23. The van der Waals surface area contributed by atoms with Crippen molar-refractivity contribution < 1.29 is 4.79 Å². The van der Waals surface area contributed by atoms with E-state index < -0.39 is 0 Å². The molecule has 27 heavy (non-hydrogen) atoms. The second-order valence-electron chi connectivity index (χ2n) is 8.05. The van der Waals surface area contributed by atoms with Gasteiger partial charge in [0.25, 0.3) is 0 Å². The Morgan fingerprint density at radius 1 is 1.07 bits per heavy atom. The maximum Gasteiger partial charge on any atom is 0.221 e. The molecule has 0 spiro atoms. The van der Waals surface area contributed by atoms with Crippen molar-refractivity contribution in [1.29, 1.82) is 0 Å². The van der Waals surface area contributed by atoms with Gasteiger partial charge in [0.05, 0.1) is 0 Å². The molecule has 1 amide bonds. The van der Waals surface area contributed by atoms with E-state index in [-0.39, 0.29) is 17.9 Å². The summed E-state index contributed by atoms with van der Waals surface area (Å²) in [7, 11) is 0. The fourth-order valence-electron chi connectivity index (χ4n) is 4.20. The minimum absolute atomic E-state index is 0.0922. The molecule has 0 bridgehead atoms. The van der Waals surface area contributed by atoms with E-state index in [2.05, 4.69) is 48.3 Å². The van der Waals surface area contributed by atoms with E-state index in [1.165, 1.54) is 24.0 Å². The Morgan fingerprint density at radius 3 is 2.22 bits per heavy atom.